The summed E-state index contributed by atoms with van der Waals surface area (Å²) in [5, 5.41) is 7.25. The molecule has 196 valence electrons. The number of thiophene rings is 1. The number of aryl methyl sites for hydroxylation is 1. The molecule has 0 spiro atoms. The van der Waals surface area contributed by atoms with Crippen molar-refractivity contribution in [1.29, 1.82) is 0 Å². The van der Waals surface area contributed by atoms with Crippen molar-refractivity contribution in [3.05, 3.63) is 75.1 Å². The average Bonchev–Trinajstić information content (AvgIpc) is 3.21. The predicted octanol–water partition coefficient (Wildman–Crippen LogP) is 7.77. The van der Waals surface area contributed by atoms with E-state index >= 15 is 0 Å². The number of halogens is 1. The minimum Gasteiger partial charge on any atom is -0.481 e. The van der Waals surface area contributed by atoms with E-state index in [0.717, 1.165) is 42.5 Å². The molecule has 2 aromatic carbocycles. The molecule has 2 amide bonds. The van der Waals surface area contributed by atoms with Crippen LogP contribution in [0.1, 0.15) is 67.4 Å². The zero-order valence-electron chi connectivity index (χ0n) is 22.1. The summed E-state index contributed by atoms with van der Waals surface area (Å²) in [6.07, 6.45) is 2.78. The van der Waals surface area contributed by atoms with Gasteiger partial charge in [-0.3, -0.25) is 9.59 Å². The largest absolute Gasteiger partial charge is 0.481 e. The van der Waals surface area contributed by atoms with Gasteiger partial charge in [-0.05, 0) is 79.3 Å². The van der Waals surface area contributed by atoms with Crippen LogP contribution >= 0.6 is 22.9 Å². The fourth-order valence-corrected chi connectivity index (χ4v) is 6.31. The molecule has 0 bridgehead atoms. The Hall–Kier alpha value is -2.83. The molecule has 1 aromatic heterocycles. The van der Waals surface area contributed by atoms with Crippen LogP contribution in [0.4, 0.5) is 10.7 Å². The molecular weight excluding hydrogens is 504 g/mol. The number of ether oxygens (including phenoxy) is 1. The molecule has 0 fully saturated rings. The maximum Gasteiger partial charge on any atom is 0.265 e. The maximum absolute atomic E-state index is 13.7. The van der Waals surface area contributed by atoms with Crippen LogP contribution < -0.4 is 15.4 Å². The summed E-state index contributed by atoms with van der Waals surface area (Å²) in [5.74, 6) is 0.534. The standard InChI is InChI=1S/C30H35ClN2O3S/c1-6-19-10-7-8-13-24(19)32-28(35)26-23-15-14-20(30(3,4)5)16-25(23)37-29(26)33-27(34)18(2)36-22-12-9-11-21(31)17-22/h7-13,17-18,20H,6,14-16H2,1-5H3,(H,32,35)(H,33,34). The van der Waals surface area contributed by atoms with Gasteiger partial charge in [0.25, 0.3) is 11.8 Å². The number of hydrogen-bond donors (Lipinski definition) is 2. The van der Waals surface area contributed by atoms with E-state index in [1.165, 1.54) is 16.2 Å². The van der Waals surface area contributed by atoms with Gasteiger partial charge in [-0.1, -0.05) is 63.6 Å². The maximum atomic E-state index is 13.7. The molecule has 0 saturated heterocycles. The van der Waals surface area contributed by atoms with Gasteiger partial charge >= 0.3 is 0 Å². The number of carbonyl (C=O) groups is 2. The fraction of sp³-hybridized carbons (Fsp3) is 0.400. The normalized spacial score (nSPS) is 16.0. The lowest BCUT2D eigenvalue weighted by molar-refractivity contribution is -0.122. The number of amides is 2. The number of para-hydroxylation sites is 1. The highest BCUT2D eigenvalue weighted by Gasteiger charge is 2.34. The summed E-state index contributed by atoms with van der Waals surface area (Å²) < 4.78 is 5.83. The van der Waals surface area contributed by atoms with Gasteiger partial charge in [-0.25, -0.2) is 0 Å². The number of nitrogens with one attached hydrogen (secondary N) is 2. The van der Waals surface area contributed by atoms with Gasteiger partial charge < -0.3 is 15.4 Å². The van der Waals surface area contributed by atoms with Gasteiger partial charge in [0.05, 0.1) is 5.56 Å². The quantitative estimate of drug-likeness (QED) is 0.323. The van der Waals surface area contributed by atoms with Gasteiger partial charge in [-0.15, -0.1) is 11.3 Å². The molecule has 0 aliphatic heterocycles. The van der Waals surface area contributed by atoms with Crippen molar-refractivity contribution >= 4 is 45.4 Å². The second-order valence-corrected chi connectivity index (χ2v) is 12.2. The number of carbonyl (C=O) groups excluding carboxylic acids is 2. The highest BCUT2D eigenvalue weighted by molar-refractivity contribution is 7.17. The molecule has 2 unspecified atom stereocenters. The lowest BCUT2D eigenvalue weighted by Gasteiger charge is -2.33. The topological polar surface area (TPSA) is 67.4 Å². The van der Waals surface area contributed by atoms with Crippen LogP contribution in [0.3, 0.4) is 0 Å². The Kier molecular flexibility index (Phi) is 8.29. The van der Waals surface area contributed by atoms with Crippen LogP contribution in [0.2, 0.25) is 5.02 Å². The van der Waals surface area contributed by atoms with Crippen molar-refractivity contribution < 1.29 is 14.3 Å². The summed E-state index contributed by atoms with van der Waals surface area (Å²) in [6.45, 7) is 10.6. The molecule has 0 radical (unpaired) electrons. The van der Waals surface area contributed by atoms with Crippen molar-refractivity contribution in [2.75, 3.05) is 10.6 Å². The summed E-state index contributed by atoms with van der Waals surface area (Å²) >= 11 is 7.58. The van der Waals surface area contributed by atoms with Crippen molar-refractivity contribution in [2.45, 2.75) is 66.4 Å². The minimum atomic E-state index is -0.767. The van der Waals surface area contributed by atoms with E-state index in [1.807, 2.05) is 24.3 Å². The molecule has 4 rings (SSSR count). The van der Waals surface area contributed by atoms with E-state index in [4.69, 9.17) is 16.3 Å². The molecule has 3 aromatic rings. The first-order chi connectivity index (χ1) is 17.6. The van der Waals surface area contributed by atoms with Crippen molar-refractivity contribution in [2.24, 2.45) is 11.3 Å². The molecule has 1 heterocycles. The number of hydrogen-bond acceptors (Lipinski definition) is 4. The predicted molar refractivity (Wildman–Crippen MR) is 153 cm³/mol. The number of benzene rings is 2. The first kappa shape index (κ1) is 27.2. The van der Waals surface area contributed by atoms with E-state index in [9.17, 15) is 9.59 Å². The summed E-state index contributed by atoms with van der Waals surface area (Å²) in [7, 11) is 0. The number of rotatable bonds is 7. The van der Waals surface area contributed by atoms with Gasteiger partial charge in [0.1, 0.15) is 10.8 Å². The van der Waals surface area contributed by atoms with E-state index in [-0.39, 0.29) is 17.2 Å². The highest BCUT2D eigenvalue weighted by Crippen LogP contribution is 2.44. The van der Waals surface area contributed by atoms with Gasteiger partial charge in [0.2, 0.25) is 0 Å². The van der Waals surface area contributed by atoms with E-state index < -0.39 is 6.10 Å². The van der Waals surface area contributed by atoms with Crippen molar-refractivity contribution in [1.82, 2.24) is 0 Å². The van der Waals surface area contributed by atoms with Gasteiger partial charge in [0, 0.05) is 15.6 Å². The third kappa shape index (κ3) is 6.36. The van der Waals surface area contributed by atoms with Gasteiger partial charge in [-0.2, -0.15) is 0 Å². The summed E-state index contributed by atoms with van der Waals surface area (Å²) in [4.78, 5) is 28.0. The Morgan fingerprint density at radius 3 is 2.59 bits per heavy atom. The lowest BCUT2D eigenvalue weighted by Crippen LogP contribution is -2.30. The summed E-state index contributed by atoms with van der Waals surface area (Å²) in [6, 6.07) is 14.8. The molecule has 2 atom stereocenters. The first-order valence-electron chi connectivity index (χ1n) is 12.8. The molecular formula is C30H35ClN2O3S. The van der Waals surface area contributed by atoms with Crippen molar-refractivity contribution in [3.63, 3.8) is 0 Å². The third-order valence-corrected chi connectivity index (χ3v) is 8.48. The van der Waals surface area contributed by atoms with Crippen LogP contribution in [-0.2, 0) is 24.1 Å². The zero-order valence-corrected chi connectivity index (χ0v) is 23.7. The Morgan fingerprint density at radius 1 is 1.14 bits per heavy atom. The van der Waals surface area contributed by atoms with Crippen LogP contribution in [0.25, 0.3) is 0 Å². The Balaban J connectivity index is 1.63. The minimum absolute atomic E-state index is 0.174. The molecule has 1 aliphatic rings. The van der Waals surface area contributed by atoms with Crippen molar-refractivity contribution in [3.8, 4) is 5.75 Å². The van der Waals surface area contributed by atoms with Crippen LogP contribution in [0.15, 0.2) is 48.5 Å². The number of fused-ring (bicyclic) bond motifs is 1. The smallest absolute Gasteiger partial charge is 0.265 e. The van der Waals surface area contributed by atoms with E-state index in [0.29, 0.717) is 27.3 Å². The van der Waals surface area contributed by atoms with Crippen LogP contribution in [0.5, 0.6) is 5.75 Å². The van der Waals surface area contributed by atoms with E-state index in [2.05, 4.69) is 38.3 Å². The Bertz CT molecular complexity index is 1290. The third-order valence-electron chi connectivity index (χ3n) is 7.08. The Morgan fingerprint density at radius 2 is 1.89 bits per heavy atom. The molecule has 2 N–H and O–H groups in total. The molecule has 5 nitrogen and oxygen atoms in total. The Labute approximate surface area is 228 Å². The highest BCUT2D eigenvalue weighted by atomic mass is 35.5. The summed E-state index contributed by atoms with van der Waals surface area (Å²) in [5.41, 5.74) is 3.67. The van der Waals surface area contributed by atoms with Crippen LogP contribution in [-0.4, -0.2) is 17.9 Å². The second kappa shape index (κ2) is 11.3. The molecule has 0 saturated carbocycles. The molecule has 1 aliphatic carbocycles. The second-order valence-electron chi connectivity index (χ2n) is 10.7. The average molecular weight is 539 g/mol. The first-order valence-corrected chi connectivity index (χ1v) is 14.0. The molecule has 37 heavy (non-hydrogen) atoms. The van der Waals surface area contributed by atoms with E-state index in [1.54, 1.807) is 31.2 Å². The fourth-order valence-electron chi connectivity index (χ4n) is 4.80. The number of anilines is 2. The lowest BCUT2D eigenvalue weighted by atomic mass is 9.72. The SMILES string of the molecule is CCc1ccccc1NC(=O)c1c(NC(=O)C(C)Oc2cccc(Cl)c2)sc2c1CCC(C(C)(C)C)C2. The van der Waals surface area contributed by atoms with Crippen LogP contribution in [0, 0.1) is 11.3 Å². The monoisotopic (exact) mass is 538 g/mol. The zero-order chi connectivity index (χ0) is 26.7. The molecule has 7 heteroatoms. The van der Waals surface area contributed by atoms with Gasteiger partial charge in [0.15, 0.2) is 6.10 Å².